The molecule has 0 fully saturated rings. The third-order valence-electron chi connectivity index (χ3n) is 3.13. The zero-order valence-electron chi connectivity index (χ0n) is 12.4. The first-order chi connectivity index (χ1) is 10.0. The Balaban J connectivity index is 2.28. The molecule has 0 saturated heterocycles. The van der Waals surface area contributed by atoms with Gasteiger partial charge in [-0.2, -0.15) is 0 Å². The van der Waals surface area contributed by atoms with Crippen LogP contribution in [-0.4, -0.2) is 27.1 Å². The predicted octanol–water partition coefficient (Wildman–Crippen LogP) is 2.60. The Hall–Kier alpha value is -2.69. The molecule has 0 aliphatic carbocycles. The molecule has 2 aromatic rings. The Bertz CT molecular complexity index is 654. The van der Waals surface area contributed by atoms with Gasteiger partial charge in [-0.25, -0.2) is 0 Å². The summed E-state index contributed by atoms with van der Waals surface area (Å²) in [5.74, 6) is 0.164. The minimum atomic E-state index is -0.291. The highest BCUT2D eigenvalue weighted by Crippen LogP contribution is 2.26. The van der Waals surface area contributed by atoms with E-state index in [0.717, 1.165) is 5.69 Å². The van der Waals surface area contributed by atoms with Crippen molar-refractivity contribution in [1.29, 1.82) is 0 Å². The van der Waals surface area contributed by atoms with Crippen molar-refractivity contribution >= 4 is 23.0 Å². The first-order valence-corrected chi connectivity index (χ1v) is 6.54. The lowest BCUT2D eigenvalue weighted by Crippen LogP contribution is -2.16. The molecule has 3 N–H and O–H groups in total. The van der Waals surface area contributed by atoms with Crippen LogP contribution in [0, 0.1) is 0 Å². The maximum Gasteiger partial charge on any atom is 0.261 e. The van der Waals surface area contributed by atoms with Crippen molar-refractivity contribution in [3.63, 3.8) is 0 Å². The molecular formula is C16H19N3O2. The summed E-state index contributed by atoms with van der Waals surface area (Å²) >= 11 is 0. The van der Waals surface area contributed by atoms with E-state index in [1.807, 2.05) is 43.3 Å². The molecule has 0 atom stereocenters. The summed E-state index contributed by atoms with van der Waals surface area (Å²) in [6.07, 6.45) is 0. The predicted molar refractivity (Wildman–Crippen MR) is 86.1 cm³/mol. The quantitative estimate of drug-likeness (QED) is 0.847. The number of benzene rings is 2. The SMILES string of the molecule is COc1cccc(N)c1C(=O)Nc1cccc(N(C)C)c1. The number of hydrogen-bond donors (Lipinski definition) is 2. The lowest BCUT2D eigenvalue weighted by Gasteiger charge is -2.15. The monoisotopic (exact) mass is 285 g/mol. The molecule has 0 radical (unpaired) electrons. The topological polar surface area (TPSA) is 67.6 Å². The van der Waals surface area contributed by atoms with Crippen LogP contribution in [0.25, 0.3) is 0 Å². The number of nitrogens with one attached hydrogen (secondary N) is 1. The molecule has 0 aliphatic heterocycles. The van der Waals surface area contributed by atoms with Crippen molar-refractivity contribution in [3.05, 3.63) is 48.0 Å². The zero-order chi connectivity index (χ0) is 15.4. The van der Waals surface area contributed by atoms with Gasteiger partial charge in [0.15, 0.2) is 0 Å². The van der Waals surface area contributed by atoms with Crippen LogP contribution < -0.4 is 20.7 Å². The number of nitrogens with zero attached hydrogens (tertiary/aromatic N) is 1. The molecule has 2 rings (SSSR count). The summed E-state index contributed by atoms with van der Waals surface area (Å²) in [5, 5.41) is 2.84. The third-order valence-corrected chi connectivity index (χ3v) is 3.13. The van der Waals surface area contributed by atoms with E-state index >= 15 is 0 Å². The summed E-state index contributed by atoms with van der Waals surface area (Å²) in [7, 11) is 5.40. The van der Waals surface area contributed by atoms with Gasteiger partial charge in [-0.15, -0.1) is 0 Å². The van der Waals surface area contributed by atoms with Gasteiger partial charge < -0.3 is 20.7 Å². The average Bonchev–Trinajstić information content (AvgIpc) is 2.46. The summed E-state index contributed by atoms with van der Waals surface area (Å²) in [4.78, 5) is 14.4. The summed E-state index contributed by atoms with van der Waals surface area (Å²) in [6.45, 7) is 0. The standard InChI is InChI=1S/C16H19N3O2/c1-19(2)12-7-4-6-11(10-12)18-16(20)15-13(17)8-5-9-14(15)21-3/h4-10H,17H2,1-3H3,(H,18,20). The average molecular weight is 285 g/mol. The number of amides is 1. The molecule has 0 bridgehead atoms. The molecule has 0 heterocycles. The highest BCUT2D eigenvalue weighted by molar-refractivity contribution is 6.09. The highest BCUT2D eigenvalue weighted by Gasteiger charge is 2.16. The molecule has 0 aromatic heterocycles. The van der Waals surface area contributed by atoms with Crippen LogP contribution in [0.5, 0.6) is 5.75 Å². The molecule has 0 unspecified atom stereocenters. The molecule has 0 saturated carbocycles. The molecule has 1 amide bonds. The molecular weight excluding hydrogens is 266 g/mol. The number of carbonyl (C=O) groups excluding carboxylic acids is 1. The number of carbonyl (C=O) groups is 1. The van der Waals surface area contributed by atoms with E-state index in [9.17, 15) is 4.79 Å². The van der Waals surface area contributed by atoms with Crippen molar-refractivity contribution in [2.75, 3.05) is 37.2 Å². The second kappa shape index (κ2) is 6.17. The maximum atomic E-state index is 12.4. The van der Waals surface area contributed by atoms with Crippen molar-refractivity contribution < 1.29 is 9.53 Å². The number of anilines is 3. The lowest BCUT2D eigenvalue weighted by atomic mass is 10.1. The maximum absolute atomic E-state index is 12.4. The van der Waals surface area contributed by atoms with Gasteiger partial charge in [0, 0.05) is 31.2 Å². The van der Waals surface area contributed by atoms with Crippen molar-refractivity contribution in [1.82, 2.24) is 0 Å². The molecule has 0 aliphatic rings. The Kier molecular flexibility index (Phi) is 4.33. The van der Waals surface area contributed by atoms with Crippen LogP contribution in [-0.2, 0) is 0 Å². The number of rotatable bonds is 4. The van der Waals surface area contributed by atoms with Crippen molar-refractivity contribution in [3.8, 4) is 5.75 Å². The first-order valence-electron chi connectivity index (χ1n) is 6.54. The molecule has 110 valence electrons. The van der Waals surface area contributed by atoms with Gasteiger partial charge in [0.25, 0.3) is 5.91 Å². The van der Waals surface area contributed by atoms with Gasteiger partial charge in [0.1, 0.15) is 11.3 Å². The van der Waals surface area contributed by atoms with Gasteiger partial charge in [-0.3, -0.25) is 4.79 Å². The largest absolute Gasteiger partial charge is 0.496 e. The van der Waals surface area contributed by atoms with E-state index < -0.39 is 0 Å². The highest BCUT2D eigenvalue weighted by atomic mass is 16.5. The van der Waals surface area contributed by atoms with Crippen LogP contribution in [0.2, 0.25) is 0 Å². The minimum absolute atomic E-state index is 0.291. The normalized spacial score (nSPS) is 10.0. The fourth-order valence-corrected chi connectivity index (χ4v) is 2.02. The minimum Gasteiger partial charge on any atom is -0.496 e. The number of ether oxygens (including phenoxy) is 1. The fourth-order valence-electron chi connectivity index (χ4n) is 2.02. The van der Waals surface area contributed by atoms with Crippen LogP contribution in [0.4, 0.5) is 17.1 Å². The van der Waals surface area contributed by atoms with Gasteiger partial charge in [0.05, 0.1) is 7.11 Å². The van der Waals surface area contributed by atoms with E-state index in [1.54, 1.807) is 18.2 Å². The molecule has 2 aromatic carbocycles. The van der Waals surface area contributed by atoms with E-state index in [2.05, 4.69) is 5.32 Å². The second-order valence-electron chi connectivity index (χ2n) is 4.82. The van der Waals surface area contributed by atoms with Crippen LogP contribution in [0.3, 0.4) is 0 Å². The van der Waals surface area contributed by atoms with Crippen molar-refractivity contribution in [2.24, 2.45) is 0 Å². The molecule has 0 spiro atoms. The Labute approximate surface area is 124 Å². The number of nitrogens with two attached hydrogens (primary N) is 1. The summed E-state index contributed by atoms with van der Waals surface area (Å²) in [5.41, 5.74) is 8.31. The van der Waals surface area contributed by atoms with Gasteiger partial charge in [-0.1, -0.05) is 12.1 Å². The zero-order valence-corrected chi connectivity index (χ0v) is 12.4. The number of methoxy groups -OCH3 is 1. The van der Waals surface area contributed by atoms with Gasteiger partial charge in [-0.05, 0) is 30.3 Å². The van der Waals surface area contributed by atoms with E-state index in [-0.39, 0.29) is 5.91 Å². The van der Waals surface area contributed by atoms with Gasteiger partial charge in [0.2, 0.25) is 0 Å². The Morgan fingerprint density at radius 3 is 2.57 bits per heavy atom. The Morgan fingerprint density at radius 1 is 1.19 bits per heavy atom. The van der Waals surface area contributed by atoms with Crippen molar-refractivity contribution in [2.45, 2.75) is 0 Å². The van der Waals surface area contributed by atoms with Crippen LogP contribution >= 0.6 is 0 Å². The lowest BCUT2D eigenvalue weighted by molar-refractivity contribution is 0.102. The van der Waals surface area contributed by atoms with Gasteiger partial charge >= 0.3 is 0 Å². The molecule has 21 heavy (non-hydrogen) atoms. The Morgan fingerprint density at radius 2 is 1.90 bits per heavy atom. The number of hydrogen-bond acceptors (Lipinski definition) is 4. The summed E-state index contributed by atoms with van der Waals surface area (Å²) in [6, 6.07) is 12.7. The van der Waals surface area contributed by atoms with Crippen LogP contribution in [0.15, 0.2) is 42.5 Å². The summed E-state index contributed by atoms with van der Waals surface area (Å²) < 4.78 is 5.20. The first kappa shape index (κ1) is 14.7. The van der Waals surface area contributed by atoms with E-state index in [0.29, 0.717) is 22.7 Å². The van der Waals surface area contributed by atoms with Crippen LogP contribution in [0.1, 0.15) is 10.4 Å². The third kappa shape index (κ3) is 3.25. The molecule has 5 heteroatoms. The number of nitrogen functional groups attached to an aromatic ring is 1. The smallest absolute Gasteiger partial charge is 0.261 e. The van der Waals surface area contributed by atoms with E-state index in [4.69, 9.17) is 10.5 Å². The fraction of sp³-hybridized carbons (Fsp3) is 0.188. The second-order valence-corrected chi connectivity index (χ2v) is 4.82. The molecule has 5 nitrogen and oxygen atoms in total. The van der Waals surface area contributed by atoms with E-state index in [1.165, 1.54) is 7.11 Å².